The highest BCUT2D eigenvalue weighted by molar-refractivity contribution is 5.74. The standard InChI is InChI=1S/C11H12O3/c12-5-9-1-3-11(4-2-9)14-8-10-6-13-7-10/h1-5,10H,6-8H2. The summed E-state index contributed by atoms with van der Waals surface area (Å²) in [6.07, 6.45) is 0.823. The molecule has 0 atom stereocenters. The Balaban J connectivity index is 1.85. The van der Waals surface area contributed by atoms with Crippen molar-refractivity contribution >= 4 is 6.29 Å². The van der Waals surface area contributed by atoms with Gasteiger partial charge in [-0.05, 0) is 24.3 Å². The molecule has 74 valence electrons. The summed E-state index contributed by atoms with van der Waals surface area (Å²) in [7, 11) is 0. The van der Waals surface area contributed by atoms with Crippen LogP contribution in [0.1, 0.15) is 10.4 Å². The molecule has 0 saturated carbocycles. The third-order valence-electron chi connectivity index (χ3n) is 2.21. The lowest BCUT2D eigenvalue weighted by atomic mass is 10.1. The molecule has 1 saturated heterocycles. The number of ether oxygens (including phenoxy) is 2. The Hall–Kier alpha value is -1.35. The number of aldehydes is 1. The molecule has 0 unspecified atom stereocenters. The number of rotatable bonds is 4. The summed E-state index contributed by atoms with van der Waals surface area (Å²) in [5.41, 5.74) is 0.671. The van der Waals surface area contributed by atoms with Gasteiger partial charge >= 0.3 is 0 Å². The van der Waals surface area contributed by atoms with Gasteiger partial charge in [-0.3, -0.25) is 4.79 Å². The molecular weight excluding hydrogens is 180 g/mol. The maximum atomic E-state index is 10.4. The second kappa shape index (κ2) is 4.24. The van der Waals surface area contributed by atoms with Crippen molar-refractivity contribution in [3.8, 4) is 5.75 Å². The van der Waals surface area contributed by atoms with Crippen LogP contribution >= 0.6 is 0 Å². The third kappa shape index (κ3) is 2.12. The van der Waals surface area contributed by atoms with E-state index in [9.17, 15) is 4.79 Å². The van der Waals surface area contributed by atoms with E-state index < -0.39 is 0 Å². The van der Waals surface area contributed by atoms with Crippen LogP contribution in [0, 0.1) is 5.92 Å². The van der Waals surface area contributed by atoms with Gasteiger partial charge in [0.05, 0.1) is 19.8 Å². The van der Waals surface area contributed by atoms with Crippen molar-refractivity contribution in [2.24, 2.45) is 5.92 Å². The Labute approximate surface area is 82.6 Å². The van der Waals surface area contributed by atoms with E-state index in [0.29, 0.717) is 18.1 Å². The van der Waals surface area contributed by atoms with Crippen LogP contribution in [-0.4, -0.2) is 26.1 Å². The molecule has 3 heteroatoms. The zero-order valence-electron chi connectivity index (χ0n) is 7.81. The predicted octanol–water partition coefficient (Wildman–Crippen LogP) is 1.52. The Kier molecular flexibility index (Phi) is 2.79. The van der Waals surface area contributed by atoms with Crippen molar-refractivity contribution in [1.82, 2.24) is 0 Å². The predicted molar refractivity (Wildman–Crippen MR) is 51.6 cm³/mol. The largest absolute Gasteiger partial charge is 0.493 e. The van der Waals surface area contributed by atoms with E-state index in [1.807, 2.05) is 12.1 Å². The zero-order valence-corrected chi connectivity index (χ0v) is 7.81. The second-order valence-corrected chi connectivity index (χ2v) is 3.40. The second-order valence-electron chi connectivity index (χ2n) is 3.40. The van der Waals surface area contributed by atoms with Crippen LogP contribution < -0.4 is 4.74 Å². The van der Waals surface area contributed by atoms with E-state index in [0.717, 1.165) is 25.2 Å². The summed E-state index contributed by atoms with van der Waals surface area (Å²) >= 11 is 0. The fourth-order valence-electron chi connectivity index (χ4n) is 1.24. The summed E-state index contributed by atoms with van der Waals surface area (Å²) in [5, 5.41) is 0. The third-order valence-corrected chi connectivity index (χ3v) is 2.21. The van der Waals surface area contributed by atoms with Crippen LogP contribution in [0.4, 0.5) is 0 Å². The molecule has 0 bridgehead atoms. The summed E-state index contributed by atoms with van der Waals surface area (Å²) in [5.74, 6) is 1.34. The molecule has 1 aromatic carbocycles. The van der Waals surface area contributed by atoms with Crippen molar-refractivity contribution < 1.29 is 14.3 Å². The van der Waals surface area contributed by atoms with Crippen LogP contribution in [0.3, 0.4) is 0 Å². The highest BCUT2D eigenvalue weighted by atomic mass is 16.5. The minimum absolute atomic E-state index is 0.528. The number of carbonyl (C=O) groups excluding carboxylic acids is 1. The lowest BCUT2D eigenvalue weighted by Gasteiger charge is -2.25. The molecule has 0 amide bonds. The quantitative estimate of drug-likeness (QED) is 0.678. The van der Waals surface area contributed by atoms with Gasteiger partial charge in [0.1, 0.15) is 12.0 Å². The van der Waals surface area contributed by atoms with Gasteiger partial charge in [0, 0.05) is 11.5 Å². The van der Waals surface area contributed by atoms with Crippen LogP contribution in [-0.2, 0) is 4.74 Å². The van der Waals surface area contributed by atoms with E-state index in [-0.39, 0.29) is 0 Å². The fraction of sp³-hybridized carbons (Fsp3) is 0.364. The smallest absolute Gasteiger partial charge is 0.150 e. The van der Waals surface area contributed by atoms with Gasteiger partial charge < -0.3 is 9.47 Å². The van der Waals surface area contributed by atoms with Gasteiger partial charge in [-0.25, -0.2) is 0 Å². The molecule has 0 aromatic heterocycles. The van der Waals surface area contributed by atoms with E-state index in [4.69, 9.17) is 9.47 Å². The molecule has 2 rings (SSSR count). The normalized spacial score (nSPS) is 16.0. The van der Waals surface area contributed by atoms with Crippen molar-refractivity contribution in [3.63, 3.8) is 0 Å². The maximum Gasteiger partial charge on any atom is 0.150 e. The summed E-state index contributed by atoms with van der Waals surface area (Å²) in [6, 6.07) is 7.12. The molecule has 1 fully saturated rings. The SMILES string of the molecule is O=Cc1ccc(OCC2COC2)cc1. The van der Waals surface area contributed by atoms with Crippen molar-refractivity contribution in [3.05, 3.63) is 29.8 Å². The Bertz CT molecular complexity index is 301. The molecule has 0 aliphatic carbocycles. The molecule has 3 nitrogen and oxygen atoms in total. The minimum Gasteiger partial charge on any atom is -0.493 e. The molecule has 0 N–H and O–H groups in total. The lowest BCUT2D eigenvalue weighted by Crippen LogP contribution is -2.32. The maximum absolute atomic E-state index is 10.4. The van der Waals surface area contributed by atoms with Gasteiger partial charge in [0.25, 0.3) is 0 Å². The van der Waals surface area contributed by atoms with E-state index in [1.54, 1.807) is 12.1 Å². The molecule has 1 aromatic rings. The van der Waals surface area contributed by atoms with Gasteiger partial charge in [0.15, 0.2) is 0 Å². The fourth-order valence-corrected chi connectivity index (χ4v) is 1.24. The number of carbonyl (C=O) groups is 1. The molecule has 0 spiro atoms. The van der Waals surface area contributed by atoms with Gasteiger partial charge in [-0.1, -0.05) is 0 Å². The van der Waals surface area contributed by atoms with E-state index >= 15 is 0 Å². The Morgan fingerprint density at radius 1 is 1.36 bits per heavy atom. The zero-order chi connectivity index (χ0) is 9.80. The summed E-state index contributed by atoms with van der Waals surface area (Å²) in [6.45, 7) is 2.29. The van der Waals surface area contributed by atoms with Crippen LogP contribution in [0.5, 0.6) is 5.75 Å². The number of hydrogen-bond acceptors (Lipinski definition) is 3. The van der Waals surface area contributed by atoms with Crippen LogP contribution in [0.2, 0.25) is 0 Å². The number of hydrogen-bond donors (Lipinski definition) is 0. The van der Waals surface area contributed by atoms with Crippen molar-refractivity contribution in [2.45, 2.75) is 0 Å². The minimum atomic E-state index is 0.528. The topological polar surface area (TPSA) is 35.5 Å². The highest BCUT2D eigenvalue weighted by Crippen LogP contribution is 2.15. The Morgan fingerprint density at radius 3 is 2.57 bits per heavy atom. The van der Waals surface area contributed by atoms with Crippen molar-refractivity contribution in [2.75, 3.05) is 19.8 Å². The first-order valence-electron chi connectivity index (χ1n) is 4.64. The number of benzene rings is 1. The first-order valence-corrected chi connectivity index (χ1v) is 4.64. The molecule has 1 aliphatic heterocycles. The first-order chi connectivity index (χ1) is 6.88. The van der Waals surface area contributed by atoms with E-state index in [2.05, 4.69) is 0 Å². The lowest BCUT2D eigenvalue weighted by molar-refractivity contribution is -0.0508. The molecular formula is C11H12O3. The van der Waals surface area contributed by atoms with Crippen LogP contribution in [0.25, 0.3) is 0 Å². The average molecular weight is 192 g/mol. The van der Waals surface area contributed by atoms with E-state index in [1.165, 1.54) is 0 Å². The molecule has 1 aliphatic rings. The van der Waals surface area contributed by atoms with Gasteiger partial charge in [0.2, 0.25) is 0 Å². The average Bonchev–Trinajstić information content (AvgIpc) is 2.16. The molecule has 14 heavy (non-hydrogen) atoms. The molecule has 0 radical (unpaired) electrons. The van der Waals surface area contributed by atoms with Gasteiger partial charge in [-0.15, -0.1) is 0 Å². The first kappa shape index (κ1) is 9.21. The summed E-state index contributed by atoms with van der Waals surface area (Å²) < 4.78 is 10.5. The monoisotopic (exact) mass is 192 g/mol. The Morgan fingerprint density at radius 2 is 2.07 bits per heavy atom. The van der Waals surface area contributed by atoms with Gasteiger partial charge in [-0.2, -0.15) is 0 Å². The molecule has 1 heterocycles. The van der Waals surface area contributed by atoms with Crippen LogP contribution in [0.15, 0.2) is 24.3 Å². The highest BCUT2D eigenvalue weighted by Gasteiger charge is 2.18. The summed E-state index contributed by atoms with van der Waals surface area (Å²) in [4.78, 5) is 10.4. The van der Waals surface area contributed by atoms with Crippen molar-refractivity contribution in [1.29, 1.82) is 0 Å².